The first-order valence-corrected chi connectivity index (χ1v) is 9.30. The first kappa shape index (κ1) is 13.7. The fourth-order valence-corrected chi connectivity index (χ4v) is 5.17. The lowest BCUT2D eigenvalue weighted by atomic mass is 9.73. The fourth-order valence-electron chi connectivity index (χ4n) is 3.67. The van der Waals surface area contributed by atoms with E-state index < -0.39 is 10.0 Å². The van der Waals surface area contributed by atoms with E-state index in [1.165, 1.54) is 11.1 Å². The van der Waals surface area contributed by atoms with E-state index in [-0.39, 0.29) is 11.6 Å². The summed E-state index contributed by atoms with van der Waals surface area (Å²) in [6.07, 6.45) is 6.44. The minimum absolute atomic E-state index is 0.00495. The molecule has 6 nitrogen and oxygen atoms in total. The van der Waals surface area contributed by atoms with Crippen molar-refractivity contribution in [2.75, 3.05) is 6.54 Å². The minimum Gasteiger partial charge on any atom is -0.310 e. The van der Waals surface area contributed by atoms with E-state index >= 15 is 0 Å². The number of aryl methyl sites for hydroxylation is 1. The number of rotatable bonds is 4. The molecule has 2 heterocycles. The first-order valence-electron chi connectivity index (χ1n) is 7.81. The van der Waals surface area contributed by atoms with Crippen molar-refractivity contribution in [3.63, 3.8) is 0 Å². The van der Waals surface area contributed by atoms with Gasteiger partial charge < -0.3 is 5.32 Å². The second-order valence-corrected chi connectivity index (χ2v) is 8.37. The maximum Gasteiger partial charge on any atom is 0.258 e. The molecule has 1 aromatic rings. The Morgan fingerprint density at radius 2 is 2.14 bits per heavy atom. The van der Waals surface area contributed by atoms with Crippen LogP contribution in [-0.2, 0) is 17.1 Å². The molecule has 3 fully saturated rings. The summed E-state index contributed by atoms with van der Waals surface area (Å²) in [6.45, 7) is 0.895. The van der Waals surface area contributed by atoms with Gasteiger partial charge in [0.1, 0.15) is 0 Å². The molecule has 0 bridgehead atoms. The molecule has 0 amide bonds. The van der Waals surface area contributed by atoms with Crippen LogP contribution in [0.1, 0.15) is 50.1 Å². The number of aromatic nitrogens is 2. The van der Waals surface area contributed by atoms with Gasteiger partial charge >= 0.3 is 0 Å². The summed E-state index contributed by atoms with van der Waals surface area (Å²) < 4.78 is 29.8. The number of nitrogens with zero attached hydrogens (tertiary/aromatic N) is 2. The second kappa shape index (κ2) is 4.54. The molecule has 0 radical (unpaired) electrons. The predicted molar refractivity (Wildman–Crippen MR) is 78.5 cm³/mol. The van der Waals surface area contributed by atoms with E-state index in [9.17, 15) is 8.42 Å². The highest BCUT2D eigenvalue weighted by Gasteiger charge is 2.48. The standard InChI is InChI=1S/C14H22N4O2S/c1-18-13(9-11(16-18)10-3-4-10)21(19,20)17-12-5-8-15-14(12)6-2-7-14/h9-10,12,15,17H,2-8H2,1H3. The summed E-state index contributed by atoms with van der Waals surface area (Å²) >= 11 is 0. The van der Waals surface area contributed by atoms with Gasteiger partial charge in [-0.05, 0) is 45.1 Å². The Morgan fingerprint density at radius 1 is 1.38 bits per heavy atom. The van der Waals surface area contributed by atoms with E-state index in [0.717, 1.165) is 44.3 Å². The van der Waals surface area contributed by atoms with E-state index in [2.05, 4.69) is 15.1 Å². The van der Waals surface area contributed by atoms with Crippen LogP contribution in [-0.4, -0.2) is 36.3 Å². The lowest BCUT2D eigenvalue weighted by Crippen LogP contribution is -2.59. The Labute approximate surface area is 125 Å². The molecule has 4 rings (SSSR count). The largest absolute Gasteiger partial charge is 0.310 e. The molecule has 0 aromatic carbocycles. The molecule has 1 unspecified atom stereocenters. The number of hydrogen-bond donors (Lipinski definition) is 2. The van der Waals surface area contributed by atoms with Crippen LogP contribution in [0.25, 0.3) is 0 Å². The normalized spacial score (nSPS) is 28.0. The van der Waals surface area contributed by atoms with Gasteiger partial charge in [0.2, 0.25) is 0 Å². The number of hydrogen-bond acceptors (Lipinski definition) is 4. The van der Waals surface area contributed by atoms with E-state index in [1.807, 2.05) is 0 Å². The molecule has 2 aliphatic carbocycles. The highest BCUT2D eigenvalue weighted by atomic mass is 32.2. The summed E-state index contributed by atoms with van der Waals surface area (Å²) in [5.41, 5.74) is 0.922. The molecular weight excluding hydrogens is 288 g/mol. The van der Waals surface area contributed by atoms with Crippen molar-refractivity contribution in [2.45, 2.75) is 61.0 Å². The maximum atomic E-state index is 12.7. The van der Waals surface area contributed by atoms with Gasteiger partial charge in [-0.1, -0.05) is 0 Å². The van der Waals surface area contributed by atoms with E-state index in [1.54, 1.807) is 13.1 Å². The van der Waals surface area contributed by atoms with Gasteiger partial charge in [-0.25, -0.2) is 13.1 Å². The third kappa shape index (κ3) is 2.22. The smallest absolute Gasteiger partial charge is 0.258 e. The highest BCUT2D eigenvalue weighted by Crippen LogP contribution is 2.41. The van der Waals surface area contributed by atoms with Crippen molar-refractivity contribution in [2.24, 2.45) is 7.05 Å². The monoisotopic (exact) mass is 310 g/mol. The lowest BCUT2D eigenvalue weighted by Gasteiger charge is -2.43. The van der Waals surface area contributed by atoms with Crippen LogP contribution in [0.3, 0.4) is 0 Å². The average molecular weight is 310 g/mol. The van der Waals surface area contributed by atoms with Gasteiger partial charge in [-0.15, -0.1) is 0 Å². The summed E-state index contributed by atoms with van der Waals surface area (Å²) in [6, 6.07) is 1.76. The zero-order valence-corrected chi connectivity index (χ0v) is 13.1. The van der Waals surface area contributed by atoms with Gasteiger partial charge in [0.15, 0.2) is 5.03 Å². The summed E-state index contributed by atoms with van der Waals surface area (Å²) in [4.78, 5) is 0. The van der Waals surface area contributed by atoms with Gasteiger partial charge in [-0.3, -0.25) is 4.68 Å². The summed E-state index contributed by atoms with van der Waals surface area (Å²) in [5, 5.41) is 8.16. The minimum atomic E-state index is -3.50. The third-order valence-electron chi connectivity index (χ3n) is 5.25. The summed E-state index contributed by atoms with van der Waals surface area (Å²) in [7, 11) is -1.78. The van der Waals surface area contributed by atoms with Crippen LogP contribution in [0.15, 0.2) is 11.1 Å². The maximum absolute atomic E-state index is 12.7. The predicted octanol–water partition coefficient (Wildman–Crippen LogP) is 0.860. The molecule has 2 N–H and O–H groups in total. The van der Waals surface area contributed by atoms with Crippen LogP contribution in [0.4, 0.5) is 0 Å². The Bertz CT molecular complexity index is 659. The Kier molecular flexibility index (Phi) is 2.96. The molecule has 1 aromatic heterocycles. The molecule has 116 valence electrons. The van der Waals surface area contributed by atoms with Gasteiger partial charge in [0.25, 0.3) is 10.0 Å². The second-order valence-electron chi connectivity index (χ2n) is 6.70. The molecule has 1 aliphatic heterocycles. The third-order valence-corrected chi connectivity index (χ3v) is 6.77. The molecule has 3 aliphatic rings. The van der Waals surface area contributed by atoms with Gasteiger partial charge in [0, 0.05) is 30.6 Å². The van der Waals surface area contributed by atoms with Crippen molar-refractivity contribution < 1.29 is 8.42 Å². The Hall–Kier alpha value is -0.920. The van der Waals surface area contributed by atoms with Crippen LogP contribution in [0.5, 0.6) is 0 Å². The molecular formula is C14H22N4O2S. The zero-order chi connectivity index (χ0) is 14.7. The molecule has 2 saturated carbocycles. The number of sulfonamides is 1. The van der Waals surface area contributed by atoms with Gasteiger partial charge in [0.05, 0.1) is 5.69 Å². The van der Waals surface area contributed by atoms with Crippen molar-refractivity contribution in [1.82, 2.24) is 19.8 Å². The SMILES string of the molecule is Cn1nc(C2CC2)cc1S(=O)(=O)NC1CCNC12CCC2. The highest BCUT2D eigenvalue weighted by molar-refractivity contribution is 7.89. The quantitative estimate of drug-likeness (QED) is 0.865. The Balaban J connectivity index is 1.58. The van der Waals surface area contributed by atoms with E-state index in [4.69, 9.17) is 0 Å². The van der Waals surface area contributed by atoms with Crippen molar-refractivity contribution in [1.29, 1.82) is 0 Å². The average Bonchev–Trinajstić information content (AvgIpc) is 3.02. The van der Waals surface area contributed by atoms with Crippen LogP contribution in [0, 0.1) is 0 Å². The number of nitrogens with one attached hydrogen (secondary N) is 2. The van der Waals surface area contributed by atoms with Crippen LogP contribution in [0.2, 0.25) is 0 Å². The van der Waals surface area contributed by atoms with Crippen molar-refractivity contribution in [3.05, 3.63) is 11.8 Å². The molecule has 1 spiro atoms. The molecule has 1 saturated heterocycles. The van der Waals surface area contributed by atoms with Crippen LogP contribution < -0.4 is 10.0 Å². The molecule has 21 heavy (non-hydrogen) atoms. The summed E-state index contributed by atoms with van der Waals surface area (Å²) in [5.74, 6) is 0.464. The molecule has 7 heteroatoms. The molecule has 1 atom stereocenters. The Morgan fingerprint density at radius 3 is 2.76 bits per heavy atom. The van der Waals surface area contributed by atoms with Crippen LogP contribution >= 0.6 is 0 Å². The topological polar surface area (TPSA) is 76.0 Å². The lowest BCUT2D eigenvalue weighted by molar-refractivity contribution is 0.184. The first-order chi connectivity index (χ1) is 10.0. The zero-order valence-electron chi connectivity index (χ0n) is 12.3. The van der Waals surface area contributed by atoms with Crippen molar-refractivity contribution in [3.8, 4) is 0 Å². The van der Waals surface area contributed by atoms with Crippen molar-refractivity contribution >= 4 is 10.0 Å². The van der Waals surface area contributed by atoms with E-state index in [0.29, 0.717) is 10.9 Å². The fraction of sp³-hybridized carbons (Fsp3) is 0.786. The van der Waals surface area contributed by atoms with Gasteiger partial charge in [-0.2, -0.15) is 5.10 Å².